The van der Waals surface area contributed by atoms with Crippen LogP contribution in [0.25, 0.3) is 0 Å². The minimum absolute atomic E-state index is 0.0330. The lowest BCUT2D eigenvalue weighted by molar-refractivity contribution is -0.120. The summed E-state index contributed by atoms with van der Waals surface area (Å²) in [4.78, 5) is 12.1. The van der Waals surface area contributed by atoms with Crippen LogP contribution in [0, 0.1) is 5.92 Å². The maximum Gasteiger partial charge on any atom is 0.224 e. The van der Waals surface area contributed by atoms with Gasteiger partial charge >= 0.3 is 0 Å². The van der Waals surface area contributed by atoms with Crippen LogP contribution in [0.15, 0.2) is 54.6 Å². The van der Waals surface area contributed by atoms with Gasteiger partial charge in [0.25, 0.3) is 0 Å². The van der Waals surface area contributed by atoms with Gasteiger partial charge in [-0.3, -0.25) is 4.79 Å². The number of carbonyl (C=O) groups excluding carboxylic acids is 1. The minimum Gasteiger partial charge on any atom is -0.508 e. The first-order valence-corrected chi connectivity index (χ1v) is 7.93. The van der Waals surface area contributed by atoms with Crippen molar-refractivity contribution in [2.24, 2.45) is 5.92 Å². The van der Waals surface area contributed by atoms with Gasteiger partial charge in [-0.2, -0.15) is 0 Å². The molecule has 2 atom stereocenters. The molecule has 23 heavy (non-hydrogen) atoms. The van der Waals surface area contributed by atoms with Gasteiger partial charge in [0.2, 0.25) is 5.91 Å². The second-order valence-electron chi connectivity index (χ2n) is 5.90. The summed E-state index contributed by atoms with van der Waals surface area (Å²) in [6, 6.07) is 16.9. The molecule has 2 aromatic carbocycles. The van der Waals surface area contributed by atoms with Crippen molar-refractivity contribution in [3.63, 3.8) is 0 Å². The number of rotatable bonds is 5. The lowest BCUT2D eigenvalue weighted by Gasteiger charge is -2.19. The summed E-state index contributed by atoms with van der Waals surface area (Å²) in [6.07, 6.45) is 1.28. The van der Waals surface area contributed by atoms with E-state index in [4.69, 9.17) is 4.74 Å². The molecule has 4 nitrogen and oxygen atoms in total. The van der Waals surface area contributed by atoms with Gasteiger partial charge < -0.3 is 15.2 Å². The third kappa shape index (κ3) is 4.11. The Morgan fingerprint density at radius 1 is 1.17 bits per heavy atom. The summed E-state index contributed by atoms with van der Waals surface area (Å²) in [7, 11) is 0. The number of phenolic OH excluding ortho intramolecular Hbond substituents is 1. The second kappa shape index (κ2) is 7.29. The van der Waals surface area contributed by atoms with Crippen LogP contribution in [0.2, 0.25) is 0 Å². The van der Waals surface area contributed by atoms with Crippen molar-refractivity contribution >= 4 is 5.91 Å². The predicted octanol–water partition coefficient (Wildman–Crippen LogP) is 2.83. The molecule has 0 radical (unpaired) electrons. The molecule has 0 aromatic heterocycles. The first-order chi connectivity index (χ1) is 11.2. The monoisotopic (exact) mass is 311 g/mol. The molecule has 1 heterocycles. The zero-order valence-corrected chi connectivity index (χ0v) is 12.9. The van der Waals surface area contributed by atoms with Gasteiger partial charge in [0.1, 0.15) is 5.75 Å². The maximum absolute atomic E-state index is 12.1. The molecule has 0 unspecified atom stereocenters. The van der Waals surface area contributed by atoms with Crippen molar-refractivity contribution in [1.82, 2.24) is 5.32 Å². The first-order valence-electron chi connectivity index (χ1n) is 7.93. The highest BCUT2D eigenvalue weighted by Crippen LogP contribution is 2.33. The van der Waals surface area contributed by atoms with E-state index in [1.165, 1.54) is 0 Å². The van der Waals surface area contributed by atoms with E-state index in [2.05, 4.69) is 17.4 Å². The van der Waals surface area contributed by atoms with Crippen LogP contribution >= 0.6 is 0 Å². The summed E-state index contributed by atoms with van der Waals surface area (Å²) in [6.45, 7) is 1.34. The van der Waals surface area contributed by atoms with E-state index in [0.29, 0.717) is 12.5 Å². The molecule has 3 rings (SSSR count). The molecular formula is C19H21NO3. The Morgan fingerprint density at radius 2 is 2.00 bits per heavy atom. The van der Waals surface area contributed by atoms with Crippen LogP contribution in [-0.4, -0.2) is 24.2 Å². The zero-order chi connectivity index (χ0) is 16.1. The summed E-state index contributed by atoms with van der Waals surface area (Å²) in [5.74, 6) is 0.448. The standard InChI is InChI=1S/C19H21NO3/c21-17-8-4-5-14(11-17)12-18(22)20-13-16-9-10-23-19(16)15-6-2-1-3-7-15/h1-8,11,16,19,21H,9-10,12-13H2,(H,20,22)/t16-,19-/m0/s1. The number of nitrogens with one attached hydrogen (secondary N) is 1. The number of carbonyl (C=O) groups is 1. The SMILES string of the molecule is O=C(Cc1cccc(O)c1)NC[C@@H]1CCO[C@H]1c1ccccc1. The van der Waals surface area contributed by atoms with Gasteiger partial charge in [0, 0.05) is 19.1 Å². The Balaban J connectivity index is 1.54. The molecule has 2 aromatic rings. The molecule has 1 amide bonds. The topological polar surface area (TPSA) is 58.6 Å². The van der Waals surface area contributed by atoms with Gasteiger partial charge in [-0.05, 0) is 29.7 Å². The predicted molar refractivity (Wildman–Crippen MR) is 88.1 cm³/mol. The van der Waals surface area contributed by atoms with Gasteiger partial charge in [-0.25, -0.2) is 0 Å². The zero-order valence-electron chi connectivity index (χ0n) is 12.9. The van der Waals surface area contributed by atoms with Gasteiger partial charge in [-0.15, -0.1) is 0 Å². The smallest absolute Gasteiger partial charge is 0.224 e. The number of benzene rings is 2. The lowest BCUT2D eigenvalue weighted by atomic mass is 9.95. The molecule has 1 aliphatic rings. The normalized spacial score (nSPS) is 20.3. The largest absolute Gasteiger partial charge is 0.508 e. The van der Waals surface area contributed by atoms with Crippen molar-refractivity contribution in [3.05, 3.63) is 65.7 Å². The Bertz CT molecular complexity index is 657. The van der Waals surface area contributed by atoms with Crippen LogP contribution in [0.3, 0.4) is 0 Å². The maximum atomic E-state index is 12.1. The van der Waals surface area contributed by atoms with Crippen molar-refractivity contribution < 1.29 is 14.6 Å². The Kier molecular flexibility index (Phi) is 4.93. The summed E-state index contributed by atoms with van der Waals surface area (Å²) < 4.78 is 5.83. The van der Waals surface area contributed by atoms with Crippen LogP contribution in [0.5, 0.6) is 5.75 Å². The fourth-order valence-corrected chi connectivity index (χ4v) is 3.01. The number of hydrogen-bond acceptors (Lipinski definition) is 3. The number of aromatic hydroxyl groups is 1. The molecular weight excluding hydrogens is 290 g/mol. The van der Waals surface area contributed by atoms with Crippen molar-refractivity contribution in [2.45, 2.75) is 18.9 Å². The van der Waals surface area contributed by atoms with Gasteiger partial charge in [-0.1, -0.05) is 42.5 Å². The first kappa shape index (κ1) is 15.6. The minimum atomic E-state index is -0.0330. The van der Waals surface area contributed by atoms with E-state index in [1.54, 1.807) is 18.2 Å². The second-order valence-corrected chi connectivity index (χ2v) is 5.90. The highest BCUT2D eigenvalue weighted by molar-refractivity contribution is 5.78. The van der Waals surface area contributed by atoms with E-state index in [0.717, 1.165) is 24.2 Å². The van der Waals surface area contributed by atoms with Crippen LogP contribution < -0.4 is 5.32 Å². The summed E-state index contributed by atoms with van der Waals surface area (Å²) in [5, 5.41) is 12.4. The molecule has 0 spiro atoms. The third-order valence-electron chi connectivity index (χ3n) is 4.18. The van der Waals surface area contributed by atoms with E-state index in [-0.39, 0.29) is 24.2 Å². The molecule has 1 saturated heterocycles. The number of phenols is 1. The molecule has 0 aliphatic carbocycles. The van der Waals surface area contributed by atoms with Crippen LogP contribution in [0.4, 0.5) is 0 Å². The Labute approximate surface area is 136 Å². The number of ether oxygens (including phenoxy) is 1. The fourth-order valence-electron chi connectivity index (χ4n) is 3.01. The number of amides is 1. The van der Waals surface area contributed by atoms with Crippen LogP contribution in [0.1, 0.15) is 23.7 Å². The quantitative estimate of drug-likeness (QED) is 0.892. The van der Waals surface area contributed by atoms with Gasteiger partial charge in [0.05, 0.1) is 12.5 Å². The van der Waals surface area contributed by atoms with E-state index < -0.39 is 0 Å². The molecule has 0 bridgehead atoms. The summed E-state index contributed by atoms with van der Waals surface area (Å²) in [5.41, 5.74) is 1.97. The van der Waals surface area contributed by atoms with E-state index in [9.17, 15) is 9.90 Å². The highest BCUT2D eigenvalue weighted by Gasteiger charge is 2.29. The third-order valence-corrected chi connectivity index (χ3v) is 4.18. The van der Waals surface area contributed by atoms with Crippen molar-refractivity contribution in [1.29, 1.82) is 0 Å². The molecule has 4 heteroatoms. The van der Waals surface area contributed by atoms with E-state index >= 15 is 0 Å². The Morgan fingerprint density at radius 3 is 2.78 bits per heavy atom. The molecule has 1 fully saturated rings. The summed E-state index contributed by atoms with van der Waals surface area (Å²) >= 11 is 0. The molecule has 120 valence electrons. The number of hydrogen-bond donors (Lipinski definition) is 2. The molecule has 2 N–H and O–H groups in total. The lowest BCUT2D eigenvalue weighted by Crippen LogP contribution is -2.31. The Hall–Kier alpha value is -2.33. The average Bonchev–Trinajstić information content (AvgIpc) is 3.02. The average molecular weight is 311 g/mol. The van der Waals surface area contributed by atoms with Gasteiger partial charge in [0.15, 0.2) is 0 Å². The molecule has 0 saturated carbocycles. The molecule has 1 aliphatic heterocycles. The van der Waals surface area contributed by atoms with Crippen molar-refractivity contribution in [3.8, 4) is 5.75 Å². The van der Waals surface area contributed by atoms with E-state index in [1.807, 2.05) is 24.3 Å². The van der Waals surface area contributed by atoms with Crippen LogP contribution in [-0.2, 0) is 16.0 Å². The van der Waals surface area contributed by atoms with Crippen molar-refractivity contribution in [2.75, 3.05) is 13.2 Å². The fraction of sp³-hybridized carbons (Fsp3) is 0.316. The highest BCUT2D eigenvalue weighted by atomic mass is 16.5.